The molecule has 1 aromatic rings. The van der Waals surface area contributed by atoms with Gasteiger partial charge in [0, 0.05) is 19.0 Å². The molecule has 1 aromatic heterocycles. The Labute approximate surface area is 102 Å². The van der Waals surface area contributed by atoms with E-state index in [-0.39, 0.29) is 12.0 Å². The van der Waals surface area contributed by atoms with Crippen molar-refractivity contribution in [3.8, 4) is 0 Å². The molecular weight excluding hydrogens is 218 g/mol. The Morgan fingerprint density at radius 1 is 1.53 bits per heavy atom. The third kappa shape index (κ3) is 3.04. The van der Waals surface area contributed by atoms with Gasteiger partial charge in [-0.15, -0.1) is 0 Å². The van der Waals surface area contributed by atoms with Crippen molar-refractivity contribution in [3.63, 3.8) is 0 Å². The molecule has 1 aliphatic rings. The van der Waals surface area contributed by atoms with Gasteiger partial charge < -0.3 is 9.63 Å². The van der Waals surface area contributed by atoms with Gasteiger partial charge in [0.05, 0.1) is 12.6 Å². The fourth-order valence-corrected chi connectivity index (χ4v) is 2.13. The number of hydrogen-bond acceptors (Lipinski definition) is 5. The fraction of sp³-hybridized carbons (Fsp3) is 0.833. The van der Waals surface area contributed by atoms with Gasteiger partial charge in [-0.3, -0.25) is 4.90 Å². The van der Waals surface area contributed by atoms with E-state index >= 15 is 0 Å². The second-order valence-corrected chi connectivity index (χ2v) is 5.27. The molecule has 0 aromatic carbocycles. The molecule has 17 heavy (non-hydrogen) atoms. The SMILES string of the molecule is CC(C)c1nc(CN2CCC(O)C(C)C2)no1. The minimum absolute atomic E-state index is 0.164. The lowest BCUT2D eigenvalue weighted by atomic mass is 9.97. The zero-order valence-corrected chi connectivity index (χ0v) is 10.8. The molecule has 5 nitrogen and oxygen atoms in total. The minimum Gasteiger partial charge on any atom is -0.393 e. The molecule has 0 aliphatic carbocycles. The number of hydrogen-bond donors (Lipinski definition) is 1. The van der Waals surface area contributed by atoms with Gasteiger partial charge in [0.15, 0.2) is 5.82 Å². The highest BCUT2D eigenvalue weighted by molar-refractivity contribution is 4.91. The van der Waals surface area contributed by atoms with E-state index in [9.17, 15) is 5.11 Å². The van der Waals surface area contributed by atoms with Gasteiger partial charge in [0.1, 0.15) is 0 Å². The number of aliphatic hydroxyl groups is 1. The summed E-state index contributed by atoms with van der Waals surface area (Å²) < 4.78 is 5.18. The molecule has 96 valence electrons. The van der Waals surface area contributed by atoms with Crippen LogP contribution in [-0.4, -0.2) is 39.3 Å². The Morgan fingerprint density at radius 2 is 2.29 bits per heavy atom. The number of piperidine rings is 1. The standard InChI is InChI=1S/C12H21N3O2/c1-8(2)12-13-11(14-17-12)7-15-5-4-10(16)9(3)6-15/h8-10,16H,4-7H2,1-3H3. The lowest BCUT2D eigenvalue weighted by Crippen LogP contribution is -2.41. The van der Waals surface area contributed by atoms with E-state index < -0.39 is 0 Å². The summed E-state index contributed by atoms with van der Waals surface area (Å²) in [6, 6.07) is 0. The normalized spacial score (nSPS) is 26.6. The first-order valence-corrected chi connectivity index (χ1v) is 6.29. The average molecular weight is 239 g/mol. The molecule has 0 saturated carbocycles. The van der Waals surface area contributed by atoms with Crippen LogP contribution in [0.1, 0.15) is 44.8 Å². The highest BCUT2D eigenvalue weighted by Gasteiger charge is 2.25. The molecule has 2 unspecified atom stereocenters. The molecule has 1 saturated heterocycles. The Morgan fingerprint density at radius 3 is 2.88 bits per heavy atom. The molecule has 5 heteroatoms. The van der Waals surface area contributed by atoms with Gasteiger partial charge in [-0.2, -0.15) is 4.98 Å². The van der Waals surface area contributed by atoms with E-state index in [0.717, 1.165) is 25.3 Å². The summed E-state index contributed by atoms with van der Waals surface area (Å²) in [4.78, 5) is 6.64. The number of aliphatic hydroxyl groups excluding tert-OH is 1. The molecule has 2 atom stereocenters. The second-order valence-electron chi connectivity index (χ2n) is 5.27. The van der Waals surface area contributed by atoms with E-state index in [1.54, 1.807) is 0 Å². The molecule has 0 spiro atoms. The summed E-state index contributed by atoms with van der Waals surface area (Å²) in [6.07, 6.45) is 0.665. The van der Waals surface area contributed by atoms with Crippen molar-refractivity contribution in [2.45, 2.75) is 45.8 Å². The van der Waals surface area contributed by atoms with E-state index in [1.807, 2.05) is 13.8 Å². The second kappa shape index (κ2) is 5.14. The summed E-state index contributed by atoms with van der Waals surface area (Å²) in [5.41, 5.74) is 0. The summed E-state index contributed by atoms with van der Waals surface area (Å²) >= 11 is 0. The zero-order valence-electron chi connectivity index (χ0n) is 10.8. The molecular formula is C12H21N3O2. The van der Waals surface area contributed by atoms with Gasteiger partial charge in [-0.25, -0.2) is 0 Å². The first-order chi connectivity index (χ1) is 8.06. The number of nitrogens with zero attached hydrogens (tertiary/aromatic N) is 3. The van der Waals surface area contributed by atoms with Crippen LogP contribution in [0.25, 0.3) is 0 Å². The van der Waals surface area contributed by atoms with Crippen molar-refractivity contribution in [2.24, 2.45) is 5.92 Å². The molecule has 2 rings (SSSR count). The van der Waals surface area contributed by atoms with E-state index in [1.165, 1.54) is 0 Å². The first kappa shape index (κ1) is 12.5. The highest BCUT2D eigenvalue weighted by atomic mass is 16.5. The van der Waals surface area contributed by atoms with Crippen molar-refractivity contribution in [2.75, 3.05) is 13.1 Å². The zero-order chi connectivity index (χ0) is 12.4. The van der Waals surface area contributed by atoms with E-state index in [0.29, 0.717) is 18.4 Å². The predicted molar refractivity (Wildman–Crippen MR) is 63.5 cm³/mol. The number of aromatic nitrogens is 2. The van der Waals surface area contributed by atoms with Crippen LogP contribution in [0.15, 0.2) is 4.52 Å². The van der Waals surface area contributed by atoms with Crippen molar-refractivity contribution in [1.29, 1.82) is 0 Å². The van der Waals surface area contributed by atoms with E-state index in [2.05, 4.69) is 22.0 Å². The molecule has 1 aliphatic heterocycles. The maximum absolute atomic E-state index is 9.66. The summed E-state index contributed by atoms with van der Waals surface area (Å²) in [5.74, 6) is 2.04. The summed E-state index contributed by atoms with van der Waals surface area (Å²) in [5, 5.41) is 13.6. The van der Waals surface area contributed by atoms with Gasteiger partial charge >= 0.3 is 0 Å². The Balaban J connectivity index is 1.92. The Hall–Kier alpha value is -0.940. The average Bonchev–Trinajstić information content (AvgIpc) is 2.72. The molecule has 1 N–H and O–H groups in total. The van der Waals surface area contributed by atoms with Gasteiger partial charge in [-0.05, 0) is 12.3 Å². The highest BCUT2D eigenvalue weighted by Crippen LogP contribution is 2.18. The monoisotopic (exact) mass is 239 g/mol. The van der Waals surface area contributed by atoms with Crippen LogP contribution in [0.5, 0.6) is 0 Å². The maximum atomic E-state index is 9.66. The summed E-state index contributed by atoms with van der Waals surface area (Å²) in [6.45, 7) is 8.66. The molecule has 0 radical (unpaired) electrons. The van der Waals surface area contributed by atoms with Crippen molar-refractivity contribution >= 4 is 0 Å². The van der Waals surface area contributed by atoms with E-state index in [4.69, 9.17) is 4.52 Å². The van der Waals surface area contributed by atoms with Gasteiger partial charge in [0.25, 0.3) is 0 Å². The predicted octanol–water partition coefficient (Wildman–Crippen LogP) is 1.40. The van der Waals surface area contributed by atoms with Crippen LogP contribution in [0.2, 0.25) is 0 Å². The van der Waals surface area contributed by atoms with Crippen molar-refractivity contribution < 1.29 is 9.63 Å². The third-order valence-corrected chi connectivity index (χ3v) is 3.29. The number of likely N-dealkylation sites (tertiary alicyclic amines) is 1. The maximum Gasteiger partial charge on any atom is 0.229 e. The largest absolute Gasteiger partial charge is 0.393 e. The fourth-order valence-electron chi connectivity index (χ4n) is 2.13. The molecule has 1 fully saturated rings. The molecule has 0 amide bonds. The van der Waals surface area contributed by atoms with Crippen LogP contribution in [-0.2, 0) is 6.54 Å². The third-order valence-electron chi connectivity index (χ3n) is 3.29. The van der Waals surface area contributed by atoms with Crippen LogP contribution in [0.4, 0.5) is 0 Å². The first-order valence-electron chi connectivity index (χ1n) is 6.29. The van der Waals surface area contributed by atoms with Crippen LogP contribution >= 0.6 is 0 Å². The van der Waals surface area contributed by atoms with Gasteiger partial charge in [-0.1, -0.05) is 25.9 Å². The molecule has 0 bridgehead atoms. The minimum atomic E-state index is -0.164. The van der Waals surface area contributed by atoms with Gasteiger partial charge in [0.2, 0.25) is 5.89 Å². The molecule has 2 heterocycles. The quantitative estimate of drug-likeness (QED) is 0.863. The van der Waals surface area contributed by atoms with Crippen LogP contribution < -0.4 is 0 Å². The Bertz CT molecular complexity index is 364. The van der Waals surface area contributed by atoms with Crippen molar-refractivity contribution in [3.05, 3.63) is 11.7 Å². The Kier molecular flexibility index (Phi) is 3.79. The van der Waals surface area contributed by atoms with Crippen LogP contribution in [0, 0.1) is 5.92 Å². The topological polar surface area (TPSA) is 62.4 Å². The lowest BCUT2D eigenvalue weighted by Gasteiger charge is -2.33. The number of rotatable bonds is 3. The van der Waals surface area contributed by atoms with Crippen molar-refractivity contribution in [1.82, 2.24) is 15.0 Å². The lowest BCUT2D eigenvalue weighted by molar-refractivity contribution is 0.0308. The van der Waals surface area contributed by atoms with Crippen LogP contribution in [0.3, 0.4) is 0 Å². The summed E-state index contributed by atoms with van der Waals surface area (Å²) in [7, 11) is 0. The smallest absolute Gasteiger partial charge is 0.229 e.